The maximum Gasteiger partial charge on any atom is 0.183 e. The number of benzene rings is 1. The molecule has 6 heteroatoms. The van der Waals surface area contributed by atoms with E-state index in [-0.39, 0.29) is 11.3 Å². The molecule has 0 aliphatic carbocycles. The van der Waals surface area contributed by atoms with E-state index in [0.29, 0.717) is 6.54 Å². The highest BCUT2D eigenvalue weighted by atomic mass is 19.2. The number of anilines is 1. The van der Waals surface area contributed by atoms with Crippen LogP contribution in [-0.2, 0) is 13.6 Å². The van der Waals surface area contributed by atoms with Gasteiger partial charge in [-0.1, -0.05) is 0 Å². The largest absolute Gasteiger partial charge is 0.365 e. The third-order valence-electron chi connectivity index (χ3n) is 2.89. The van der Waals surface area contributed by atoms with Gasteiger partial charge in [-0.2, -0.15) is 5.26 Å². The number of imidazole rings is 1. The SMILES string of the molecule is CN(Cc1nccn1C)c1ccc(C#N)c(F)c1F. The van der Waals surface area contributed by atoms with Crippen LogP contribution in [0.3, 0.4) is 0 Å². The molecule has 0 saturated carbocycles. The van der Waals surface area contributed by atoms with Crippen molar-refractivity contribution < 1.29 is 8.78 Å². The first-order valence-corrected chi connectivity index (χ1v) is 5.60. The molecule has 0 radical (unpaired) electrons. The van der Waals surface area contributed by atoms with Crippen LogP contribution in [0.4, 0.5) is 14.5 Å². The lowest BCUT2D eigenvalue weighted by Crippen LogP contribution is -2.20. The van der Waals surface area contributed by atoms with Crippen molar-refractivity contribution in [3.05, 3.63) is 47.5 Å². The molecule has 98 valence electrons. The van der Waals surface area contributed by atoms with Crippen molar-refractivity contribution in [3.63, 3.8) is 0 Å². The second kappa shape index (κ2) is 5.06. The lowest BCUT2D eigenvalue weighted by Gasteiger charge is -2.20. The fraction of sp³-hybridized carbons (Fsp3) is 0.231. The van der Waals surface area contributed by atoms with Crippen LogP contribution < -0.4 is 4.90 Å². The normalized spacial score (nSPS) is 10.3. The summed E-state index contributed by atoms with van der Waals surface area (Å²) in [5.74, 6) is -1.41. The van der Waals surface area contributed by atoms with Gasteiger partial charge in [-0.15, -0.1) is 0 Å². The van der Waals surface area contributed by atoms with Crippen molar-refractivity contribution in [2.24, 2.45) is 7.05 Å². The first-order valence-electron chi connectivity index (χ1n) is 5.60. The molecule has 0 atom stereocenters. The average Bonchev–Trinajstić information content (AvgIpc) is 2.78. The average molecular weight is 262 g/mol. The lowest BCUT2D eigenvalue weighted by molar-refractivity contribution is 0.504. The lowest BCUT2D eigenvalue weighted by atomic mass is 10.2. The number of rotatable bonds is 3. The van der Waals surface area contributed by atoms with Crippen molar-refractivity contribution in [2.75, 3.05) is 11.9 Å². The highest BCUT2D eigenvalue weighted by Gasteiger charge is 2.16. The maximum absolute atomic E-state index is 13.8. The molecule has 2 aromatic rings. The van der Waals surface area contributed by atoms with Crippen LogP contribution in [0.5, 0.6) is 0 Å². The van der Waals surface area contributed by atoms with E-state index < -0.39 is 11.6 Å². The molecule has 1 heterocycles. The number of halogens is 2. The molecule has 0 fully saturated rings. The van der Waals surface area contributed by atoms with E-state index in [0.717, 1.165) is 5.82 Å². The van der Waals surface area contributed by atoms with E-state index in [4.69, 9.17) is 5.26 Å². The summed E-state index contributed by atoms with van der Waals surface area (Å²) in [4.78, 5) is 5.66. The summed E-state index contributed by atoms with van der Waals surface area (Å²) in [6.07, 6.45) is 3.41. The number of hydrogen-bond acceptors (Lipinski definition) is 3. The molecule has 0 amide bonds. The van der Waals surface area contributed by atoms with Gasteiger partial charge in [0.2, 0.25) is 0 Å². The van der Waals surface area contributed by atoms with Gasteiger partial charge in [0.25, 0.3) is 0 Å². The van der Waals surface area contributed by atoms with Gasteiger partial charge in [-0.3, -0.25) is 0 Å². The Balaban J connectivity index is 2.30. The second-order valence-corrected chi connectivity index (χ2v) is 4.18. The Morgan fingerprint density at radius 1 is 1.37 bits per heavy atom. The van der Waals surface area contributed by atoms with Crippen molar-refractivity contribution in [1.29, 1.82) is 5.26 Å². The van der Waals surface area contributed by atoms with Crippen molar-refractivity contribution in [1.82, 2.24) is 9.55 Å². The first kappa shape index (κ1) is 13.0. The van der Waals surface area contributed by atoms with Crippen LogP contribution in [-0.4, -0.2) is 16.6 Å². The number of nitrogens with zero attached hydrogens (tertiary/aromatic N) is 4. The summed E-state index contributed by atoms with van der Waals surface area (Å²) in [6.45, 7) is 0.339. The van der Waals surface area contributed by atoms with Gasteiger partial charge < -0.3 is 9.47 Å². The topological polar surface area (TPSA) is 44.9 Å². The summed E-state index contributed by atoms with van der Waals surface area (Å²) >= 11 is 0. The Kier molecular flexibility index (Phi) is 3.47. The molecule has 0 bridgehead atoms. The van der Waals surface area contributed by atoms with Gasteiger partial charge in [-0.25, -0.2) is 13.8 Å². The number of hydrogen-bond donors (Lipinski definition) is 0. The summed E-state index contributed by atoms with van der Waals surface area (Å²) in [5, 5.41) is 8.63. The van der Waals surface area contributed by atoms with E-state index in [9.17, 15) is 8.78 Å². The molecular weight excluding hydrogens is 250 g/mol. The summed E-state index contributed by atoms with van der Waals surface area (Å²) in [6, 6.07) is 4.26. The number of nitriles is 1. The summed E-state index contributed by atoms with van der Waals surface area (Å²) in [5.41, 5.74) is -0.203. The van der Waals surface area contributed by atoms with Crippen molar-refractivity contribution in [3.8, 4) is 6.07 Å². The Morgan fingerprint density at radius 3 is 2.68 bits per heavy atom. The third kappa shape index (κ3) is 2.40. The molecule has 0 aliphatic heterocycles. The zero-order valence-electron chi connectivity index (χ0n) is 10.6. The van der Waals surface area contributed by atoms with Gasteiger partial charge in [0.1, 0.15) is 11.9 Å². The minimum absolute atomic E-state index is 0.0968. The molecule has 19 heavy (non-hydrogen) atoms. The Bertz CT molecular complexity index is 643. The van der Waals surface area contributed by atoms with Crippen LogP contribution in [0.15, 0.2) is 24.5 Å². The third-order valence-corrected chi connectivity index (χ3v) is 2.89. The summed E-state index contributed by atoms with van der Waals surface area (Å²) in [7, 11) is 3.46. The van der Waals surface area contributed by atoms with Gasteiger partial charge in [0, 0.05) is 26.5 Å². The molecule has 0 spiro atoms. The standard InChI is InChI=1S/C13H12F2N4/c1-18-6-5-17-11(18)8-19(2)10-4-3-9(7-16)12(14)13(10)15/h3-6H,8H2,1-2H3. The molecule has 1 aromatic carbocycles. The molecule has 2 rings (SSSR count). The molecule has 0 aliphatic rings. The minimum atomic E-state index is -1.12. The van der Waals surface area contributed by atoms with Crippen LogP contribution in [0.25, 0.3) is 0 Å². The van der Waals surface area contributed by atoms with Gasteiger partial charge in [0.05, 0.1) is 17.8 Å². The second-order valence-electron chi connectivity index (χ2n) is 4.18. The number of aromatic nitrogens is 2. The van der Waals surface area contributed by atoms with E-state index >= 15 is 0 Å². The Labute approximate surface area is 109 Å². The predicted octanol–water partition coefficient (Wildman–Crippen LogP) is 2.21. The highest BCUT2D eigenvalue weighted by molar-refractivity contribution is 5.51. The monoisotopic (exact) mass is 262 g/mol. The molecular formula is C13H12F2N4. The zero-order chi connectivity index (χ0) is 14.0. The minimum Gasteiger partial charge on any atom is -0.365 e. The number of aryl methyl sites for hydroxylation is 1. The quantitative estimate of drug-likeness (QED) is 0.851. The van der Waals surface area contributed by atoms with Crippen molar-refractivity contribution in [2.45, 2.75) is 6.54 Å². The molecule has 0 unspecified atom stereocenters. The highest BCUT2D eigenvalue weighted by Crippen LogP contribution is 2.24. The zero-order valence-corrected chi connectivity index (χ0v) is 10.6. The molecule has 1 aromatic heterocycles. The van der Waals surface area contributed by atoms with Gasteiger partial charge in [-0.05, 0) is 12.1 Å². The smallest absolute Gasteiger partial charge is 0.183 e. The summed E-state index contributed by atoms with van der Waals surface area (Å²) < 4.78 is 29.2. The first-order chi connectivity index (χ1) is 9.04. The van der Waals surface area contributed by atoms with Crippen LogP contribution in [0, 0.1) is 23.0 Å². The fourth-order valence-electron chi connectivity index (χ4n) is 1.77. The van der Waals surface area contributed by atoms with Crippen LogP contribution in [0.1, 0.15) is 11.4 Å². The van der Waals surface area contributed by atoms with E-state index in [1.807, 2.05) is 7.05 Å². The Morgan fingerprint density at radius 2 is 2.11 bits per heavy atom. The van der Waals surface area contributed by atoms with Gasteiger partial charge in [0.15, 0.2) is 11.6 Å². The van der Waals surface area contributed by atoms with E-state index in [1.54, 1.807) is 35.0 Å². The molecule has 4 nitrogen and oxygen atoms in total. The predicted molar refractivity (Wildman–Crippen MR) is 66.4 cm³/mol. The van der Waals surface area contributed by atoms with Gasteiger partial charge >= 0.3 is 0 Å². The van der Waals surface area contributed by atoms with E-state index in [1.165, 1.54) is 12.1 Å². The van der Waals surface area contributed by atoms with Crippen LogP contribution >= 0.6 is 0 Å². The van der Waals surface area contributed by atoms with Crippen molar-refractivity contribution >= 4 is 5.69 Å². The van der Waals surface area contributed by atoms with Crippen LogP contribution in [0.2, 0.25) is 0 Å². The fourth-order valence-corrected chi connectivity index (χ4v) is 1.77. The maximum atomic E-state index is 13.8. The Hall–Kier alpha value is -2.42. The molecule has 0 N–H and O–H groups in total. The molecule has 0 saturated heterocycles. The van der Waals surface area contributed by atoms with E-state index in [2.05, 4.69) is 4.98 Å².